The van der Waals surface area contributed by atoms with Crippen molar-refractivity contribution in [2.75, 3.05) is 23.9 Å². The molecule has 2 unspecified atom stereocenters. The summed E-state index contributed by atoms with van der Waals surface area (Å²) in [6, 6.07) is 15.0. The van der Waals surface area contributed by atoms with Gasteiger partial charge in [-0.25, -0.2) is 12.8 Å². The highest BCUT2D eigenvalue weighted by Crippen LogP contribution is 2.24. The Morgan fingerprint density at radius 3 is 2.57 bits per heavy atom. The summed E-state index contributed by atoms with van der Waals surface area (Å²) in [6.45, 7) is 0.0825. The first kappa shape index (κ1) is 20.7. The normalized spacial score (nSPS) is 19.1. The minimum Gasteiger partial charge on any atom is -0.488 e. The van der Waals surface area contributed by atoms with Gasteiger partial charge in [-0.15, -0.1) is 11.8 Å². The molecular weight excluding hydrogens is 401 g/mol. The Morgan fingerprint density at radius 1 is 1.18 bits per heavy atom. The van der Waals surface area contributed by atoms with Gasteiger partial charge >= 0.3 is 0 Å². The van der Waals surface area contributed by atoms with E-state index in [1.807, 2.05) is 30.3 Å². The lowest BCUT2D eigenvalue weighted by atomic mass is 10.1. The van der Waals surface area contributed by atoms with E-state index in [0.717, 1.165) is 5.56 Å². The number of benzene rings is 2. The Balaban J connectivity index is 1.59. The number of nitrogens with one attached hydrogen (secondary N) is 1. The van der Waals surface area contributed by atoms with Gasteiger partial charge in [-0.1, -0.05) is 42.5 Å². The molecule has 5 nitrogen and oxygen atoms in total. The lowest BCUT2D eigenvalue weighted by molar-refractivity contribution is -0.119. The molecule has 0 aromatic heterocycles. The highest BCUT2D eigenvalue weighted by atomic mass is 32.2. The zero-order valence-corrected chi connectivity index (χ0v) is 16.8. The maximum absolute atomic E-state index is 13.8. The lowest BCUT2D eigenvalue weighted by Gasteiger charge is -2.20. The van der Waals surface area contributed by atoms with Crippen molar-refractivity contribution in [3.05, 3.63) is 66.0 Å². The molecule has 1 aliphatic heterocycles. The summed E-state index contributed by atoms with van der Waals surface area (Å²) in [5, 5.41) is 2.87. The molecule has 1 aliphatic rings. The number of hydrogen-bond donors (Lipinski definition) is 1. The minimum absolute atomic E-state index is 0.0411. The fourth-order valence-electron chi connectivity index (χ4n) is 2.96. The molecule has 2 aromatic carbocycles. The Morgan fingerprint density at radius 2 is 1.89 bits per heavy atom. The number of carbonyl (C=O) groups excluding carboxylic acids is 1. The van der Waals surface area contributed by atoms with Crippen molar-refractivity contribution in [3.63, 3.8) is 0 Å². The number of ether oxygens (including phenoxy) is 1. The molecule has 1 amide bonds. The van der Waals surface area contributed by atoms with E-state index in [2.05, 4.69) is 5.32 Å². The Labute approximate surface area is 168 Å². The molecule has 1 heterocycles. The molecule has 2 aromatic rings. The van der Waals surface area contributed by atoms with Crippen LogP contribution in [0.15, 0.2) is 54.6 Å². The fraction of sp³-hybridized carbons (Fsp3) is 0.350. The van der Waals surface area contributed by atoms with Gasteiger partial charge in [-0.2, -0.15) is 0 Å². The molecule has 0 bridgehead atoms. The first-order valence-electron chi connectivity index (χ1n) is 8.96. The highest BCUT2D eigenvalue weighted by Gasteiger charge is 2.28. The third kappa shape index (κ3) is 5.97. The standard InChI is InChI=1S/C20H22FNO4S2/c21-17-8-4-5-9-19(17)26-12-18(15-6-2-1-3-7-15)22-20(23)13-27-16-10-11-28(24,25)14-16/h1-9,16,18H,10-14H2,(H,22,23). The van der Waals surface area contributed by atoms with E-state index in [4.69, 9.17) is 4.74 Å². The third-order valence-corrected chi connectivity index (χ3v) is 7.70. The molecule has 0 radical (unpaired) electrons. The van der Waals surface area contributed by atoms with Gasteiger partial charge in [0.05, 0.1) is 23.3 Å². The molecule has 1 saturated heterocycles. The van der Waals surface area contributed by atoms with Gasteiger partial charge in [0.25, 0.3) is 0 Å². The van der Waals surface area contributed by atoms with Crippen molar-refractivity contribution in [1.29, 1.82) is 0 Å². The molecule has 28 heavy (non-hydrogen) atoms. The van der Waals surface area contributed by atoms with E-state index < -0.39 is 21.7 Å². The van der Waals surface area contributed by atoms with Crippen LogP contribution in [0.5, 0.6) is 5.75 Å². The summed E-state index contributed by atoms with van der Waals surface area (Å²) in [5.41, 5.74) is 0.848. The summed E-state index contributed by atoms with van der Waals surface area (Å²) in [5.74, 6) is -0.0515. The van der Waals surface area contributed by atoms with Crippen molar-refractivity contribution in [1.82, 2.24) is 5.32 Å². The van der Waals surface area contributed by atoms with Crippen LogP contribution in [0.2, 0.25) is 0 Å². The second-order valence-electron chi connectivity index (χ2n) is 6.61. The number of para-hydroxylation sites is 1. The van der Waals surface area contributed by atoms with Gasteiger partial charge < -0.3 is 10.1 Å². The minimum atomic E-state index is -2.96. The van der Waals surface area contributed by atoms with Crippen molar-refractivity contribution in [3.8, 4) is 5.75 Å². The van der Waals surface area contributed by atoms with E-state index in [0.29, 0.717) is 6.42 Å². The molecule has 3 rings (SSSR count). The number of carbonyl (C=O) groups is 1. The van der Waals surface area contributed by atoms with E-state index >= 15 is 0 Å². The predicted octanol–water partition coefficient (Wildman–Crippen LogP) is 2.98. The first-order chi connectivity index (χ1) is 13.4. The number of hydrogen-bond acceptors (Lipinski definition) is 5. The van der Waals surface area contributed by atoms with E-state index in [-0.39, 0.29) is 40.8 Å². The van der Waals surface area contributed by atoms with Gasteiger partial charge in [-0.05, 0) is 24.1 Å². The maximum atomic E-state index is 13.8. The zero-order chi connectivity index (χ0) is 20.0. The van der Waals surface area contributed by atoms with E-state index in [1.54, 1.807) is 12.1 Å². The monoisotopic (exact) mass is 423 g/mol. The zero-order valence-electron chi connectivity index (χ0n) is 15.2. The van der Waals surface area contributed by atoms with Crippen molar-refractivity contribution < 1.29 is 22.3 Å². The second kappa shape index (κ2) is 9.43. The Hall–Kier alpha value is -2.06. The van der Waals surface area contributed by atoms with Crippen LogP contribution in [0, 0.1) is 5.82 Å². The number of sulfone groups is 1. The molecule has 2 atom stereocenters. The SMILES string of the molecule is O=C(CSC1CCS(=O)(=O)C1)NC(COc1ccccc1F)c1ccccc1. The molecule has 0 saturated carbocycles. The number of amides is 1. The van der Waals surface area contributed by atoms with Crippen LogP contribution in [-0.2, 0) is 14.6 Å². The summed E-state index contributed by atoms with van der Waals surface area (Å²) in [6.07, 6.45) is 0.582. The molecule has 1 N–H and O–H groups in total. The van der Waals surface area contributed by atoms with Crippen LogP contribution >= 0.6 is 11.8 Å². The summed E-state index contributed by atoms with van der Waals surface area (Å²) < 4.78 is 42.4. The third-order valence-electron chi connectivity index (χ3n) is 4.42. The lowest BCUT2D eigenvalue weighted by Crippen LogP contribution is -2.34. The van der Waals surface area contributed by atoms with Crippen LogP contribution in [0.1, 0.15) is 18.0 Å². The van der Waals surface area contributed by atoms with Crippen molar-refractivity contribution in [2.24, 2.45) is 0 Å². The van der Waals surface area contributed by atoms with Gasteiger partial charge in [0.15, 0.2) is 21.4 Å². The number of rotatable bonds is 8. The molecular formula is C20H22FNO4S2. The summed E-state index contributed by atoms with van der Waals surface area (Å²) in [4.78, 5) is 12.4. The summed E-state index contributed by atoms with van der Waals surface area (Å²) >= 11 is 1.36. The largest absolute Gasteiger partial charge is 0.488 e. The molecule has 150 valence electrons. The van der Waals surface area contributed by atoms with Crippen LogP contribution in [-0.4, -0.2) is 43.4 Å². The average Bonchev–Trinajstić information content (AvgIpc) is 3.04. The van der Waals surface area contributed by atoms with Crippen LogP contribution in [0.4, 0.5) is 4.39 Å². The van der Waals surface area contributed by atoms with Crippen molar-refractivity contribution >= 4 is 27.5 Å². The maximum Gasteiger partial charge on any atom is 0.230 e. The number of thioether (sulfide) groups is 1. The van der Waals surface area contributed by atoms with Crippen LogP contribution in [0.3, 0.4) is 0 Å². The molecule has 8 heteroatoms. The first-order valence-corrected chi connectivity index (χ1v) is 11.8. The molecule has 1 fully saturated rings. The van der Waals surface area contributed by atoms with Gasteiger partial charge in [0.1, 0.15) is 6.61 Å². The molecule has 0 aliphatic carbocycles. The Bertz CT molecular complexity index is 905. The molecule has 0 spiro atoms. The van der Waals surface area contributed by atoms with E-state index in [9.17, 15) is 17.6 Å². The quantitative estimate of drug-likeness (QED) is 0.707. The van der Waals surface area contributed by atoms with Crippen LogP contribution < -0.4 is 10.1 Å². The topological polar surface area (TPSA) is 72.5 Å². The highest BCUT2D eigenvalue weighted by molar-refractivity contribution is 8.02. The van der Waals surface area contributed by atoms with Gasteiger partial charge in [0, 0.05) is 5.25 Å². The number of halogens is 1. The van der Waals surface area contributed by atoms with Crippen LogP contribution in [0.25, 0.3) is 0 Å². The predicted molar refractivity (Wildman–Crippen MR) is 109 cm³/mol. The average molecular weight is 424 g/mol. The van der Waals surface area contributed by atoms with Crippen molar-refractivity contribution in [2.45, 2.75) is 17.7 Å². The smallest absolute Gasteiger partial charge is 0.230 e. The fourth-order valence-corrected chi connectivity index (χ4v) is 6.42. The Kier molecular flexibility index (Phi) is 6.96. The van der Waals surface area contributed by atoms with Gasteiger partial charge in [-0.3, -0.25) is 4.79 Å². The van der Waals surface area contributed by atoms with Gasteiger partial charge in [0.2, 0.25) is 5.91 Å². The van der Waals surface area contributed by atoms with E-state index in [1.165, 1.54) is 23.9 Å². The summed E-state index contributed by atoms with van der Waals surface area (Å²) in [7, 11) is -2.96. The second-order valence-corrected chi connectivity index (χ2v) is 10.1.